The minimum Gasteiger partial charge on any atom is -0.343 e. The van der Waals surface area contributed by atoms with Crippen LogP contribution in [-0.4, -0.2) is 11.1 Å². The molecule has 1 heterocycles. The van der Waals surface area contributed by atoms with Gasteiger partial charge in [0.25, 0.3) is 0 Å². The zero-order valence-corrected chi connectivity index (χ0v) is 18.2. The lowest BCUT2D eigenvalue weighted by Gasteiger charge is -2.07. The molecule has 0 fully saturated rings. The van der Waals surface area contributed by atoms with Gasteiger partial charge in [0.1, 0.15) is 0 Å². The minimum absolute atomic E-state index is 0.599. The zero-order chi connectivity index (χ0) is 19.8. The van der Waals surface area contributed by atoms with Gasteiger partial charge in [0, 0.05) is 30.2 Å². The van der Waals surface area contributed by atoms with Crippen LogP contribution in [0.5, 0.6) is 0 Å². The fraction of sp³-hybridized carbons (Fsp3) is 0.417. The van der Waals surface area contributed by atoms with E-state index in [1.807, 2.05) is 18.2 Å². The molecule has 0 saturated heterocycles. The van der Waals surface area contributed by atoms with E-state index in [9.17, 15) is 0 Å². The van der Waals surface area contributed by atoms with Gasteiger partial charge in [-0.25, -0.2) is 0 Å². The SMILES string of the molecule is CCCCCCCCNCc1cn(Cc2ccc(Cl)c(Cl)c2)c2ccccc12. The lowest BCUT2D eigenvalue weighted by atomic mass is 10.1. The summed E-state index contributed by atoms with van der Waals surface area (Å²) in [4.78, 5) is 0. The second kappa shape index (κ2) is 10.9. The quantitative estimate of drug-likeness (QED) is 0.321. The number of halogens is 2. The first-order valence-corrected chi connectivity index (χ1v) is 11.2. The topological polar surface area (TPSA) is 17.0 Å². The Bertz CT molecular complexity index is 885. The van der Waals surface area contributed by atoms with Crippen molar-refractivity contribution >= 4 is 34.1 Å². The van der Waals surface area contributed by atoms with Crippen LogP contribution in [0.25, 0.3) is 10.9 Å². The van der Waals surface area contributed by atoms with Gasteiger partial charge in [-0.2, -0.15) is 0 Å². The van der Waals surface area contributed by atoms with Crippen molar-refractivity contribution in [3.8, 4) is 0 Å². The normalized spacial score (nSPS) is 11.4. The number of para-hydroxylation sites is 1. The van der Waals surface area contributed by atoms with Gasteiger partial charge in [0.2, 0.25) is 0 Å². The molecule has 150 valence electrons. The first kappa shape index (κ1) is 21.2. The third-order valence-electron chi connectivity index (χ3n) is 5.23. The van der Waals surface area contributed by atoms with Crippen molar-refractivity contribution in [2.24, 2.45) is 0 Å². The summed E-state index contributed by atoms with van der Waals surface area (Å²) in [6, 6.07) is 14.5. The molecule has 0 spiro atoms. The molecular weight excluding hydrogens is 387 g/mol. The van der Waals surface area contributed by atoms with Crippen molar-refractivity contribution in [3.05, 3.63) is 69.8 Å². The molecule has 3 rings (SSSR count). The molecule has 2 aromatic carbocycles. The molecule has 0 aliphatic carbocycles. The van der Waals surface area contributed by atoms with Gasteiger partial charge in [-0.1, -0.05) is 86.5 Å². The summed E-state index contributed by atoms with van der Waals surface area (Å²) in [6.45, 7) is 5.04. The maximum atomic E-state index is 6.19. The molecule has 0 saturated carbocycles. The molecule has 4 heteroatoms. The Morgan fingerprint density at radius 1 is 0.893 bits per heavy atom. The highest BCUT2D eigenvalue weighted by Gasteiger charge is 2.09. The van der Waals surface area contributed by atoms with Crippen molar-refractivity contribution < 1.29 is 0 Å². The second-order valence-corrected chi connectivity index (χ2v) is 8.31. The maximum Gasteiger partial charge on any atom is 0.0595 e. The predicted octanol–water partition coefficient (Wildman–Crippen LogP) is 7.45. The van der Waals surface area contributed by atoms with Crippen LogP contribution in [0.2, 0.25) is 10.0 Å². The van der Waals surface area contributed by atoms with E-state index in [0.29, 0.717) is 10.0 Å². The number of unbranched alkanes of at least 4 members (excludes halogenated alkanes) is 5. The highest BCUT2D eigenvalue weighted by molar-refractivity contribution is 6.42. The summed E-state index contributed by atoms with van der Waals surface area (Å²) in [5.41, 5.74) is 3.76. The zero-order valence-electron chi connectivity index (χ0n) is 16.7. The van der Waals surface area contributed by atoms with Crippen LogP contribution in [0.3, 0.4) is 0 Å². The van der Waals surface area contributed by atoms with Crippen LogP contribution >= 0.6 is 23.2 Å². The van der Waals surface area contributed by atoms with E-state index < -0.39 is 0 Å². The molecule has 0 atom stereocenters. The summed E-state index contributed by atoms with van der Waals surface area (Å²) >= 11 is 12.2. The monoisotopic (exact) mass is 416 g/mol. The second-order valence-electron chi connectivity index (χ2n) is 7.49. The van der Waals surface area contributed by atoms with Crippen LogP contribution in [0.1, 0.15) is 56.6 Å². The molecule has 28 heavy (non-hydrogen) atoms. The fourth-order valence-electron chi connectivity index (χ4n) is 3.68. The van der Waals surface area contributed by atoms with Crippen LogP contribution in [0, 0.1) is 0 Å². The summed E-state index contributed by atoms with van der Waals surface area (Å²) < 4.78 is 2.30. The van der Waals surface area contributed by atoms with E-state index in [0.717, 1.165) is 25.2 Å². The van der Waals surface area contributed by atoms with Crippen LogP contribution in [-0.2, 0) is 13.1 Å². The Hall–Kier alpha value is -1.48. The lowest BCUT2D eigenvalue weighted by Crippen LogP contribution is -2.14. The smallest absolute Gasteiger partial charge is 0.0595 e. The van der Waals surface area contributed by atoms with E-state index in [1.54, 1.807) is 0 Å². The van der Waals surface area contributed by atoms with Gasteiger partial charge >= 0.3 is 0 Å². The number of aromatic nitrogens is 1. The number of nitrogens with zero attached hydrogens (tertiary/aromatic N) is 1. The van der Waals surface area contributed by atoms with Crippen molar-refractivity contribution in [2.45, 2.75) is 58.5 Å². The highest BCUT2D eigenvalue weighted by atomic mass is 35.5. The Morgan fingerprint density at radius 3 is 2.50 bits per heavy atom. The molecule has 1 N–H and O–H groups in total. The molecule has 0 radical (unpaired) electrons. The van der Waals surface area contributed by atoms with Crippen LogP contribution < -0.4 is 5.32 Å². The first-order chi connectivity index (χ1) is 13.7. The van der Waals surface area contributed by atoms with E-state index in [-0.39, 0.29) is 0 Å². The molecule has 1 aromatic heterocycles. The number of rotatable bonds is 11. The lowest BCUT2D eigenvalue weighted by molar-refractivity contribution is 0.572. The maximum absolute atomic E-state index is 6.19. The van der Waals surface area contributed by atoms with E-state index >= 15 is 0 Å². The summed E-state index contributed by atoms with van der Waals surface area (Å²) in [6.07, 6.45) is 10.3. The van der Waals surface area contributed by atoms with Gasteiger partial charge < -0.3 is 9.88 Å². The van der Waals surface area contributed by atoms with Gasteiger partial charge in [0.05, 0.1) is 10.0 Å². The average Bonchev–Trinajstić information content (AvgIpc) is 3.04. The van der Waals surface area contributed by atoms with Gasteiger partial charge in [-0.05, 0) is 42.3 Å². The van der Waals surface area contributed by atoms with Crippen molar-refractivity contribution in [1.29, 1.82) is 0 Å². The molecule has 2 nitrogen and oxygen atoms in total. The van der Waals surface area contributed by atoms with Gasteiger partial charge in [-0.15, -0.1) is 0 Å². The fourth-order valence-corrected chi connectivity index (χ4v) is 4.00. The molecule has 0 aliphatic rings. The van der Waals surface area contributed by atoms with Gasteiger partial charge in [0.15, 0.2) is 0 Å². The Kier molecular flexibility index (Phi) is 8.27. The van der Waals surface area contributed by atoms with Crippen molar-refractivity contribution in [1.82, 2.24) is 9.88 Å². The predicted molar refractivity (Wildman–Crippen MR) is 123 cm³/mol. The summed E-state index contributed by atoms with van der Waals surface area (Å²) in [5, 5.41) is 6.15. The summed E-state index contributed by atoms with van der Waals surface area (Å²) in [5.74, 6) is 0. The number of nitrogens with one attached hydrogen (secondary N) is 1. The number of benzene rings is 2. The molecule has 3 aromatic rings. The third-order valence-corrected chi connectivity index (χ3v) is 5.97. The molecule has 0 bridgehead atoms. The Labute approximate surface area is 178 Å². The van der Waals surface area contributed by atoms with E-state index in [2.05, 4.69) is 47.3 Å². The number of fused-ring (bicyclic) bond motifs is 1. The van der Waals surface area contributed by atoms with Crippen LogP contribution in [0.4, 0.5) is 0 Å². The molecule has 0 aliphatic heterocycles. The third kappa shape index (κ3) is 5.76. The molecular formula is C24H30Cl2N2. The number of hydrogen-bond acceptors (Lipinski definition) is 1. The Balaban J connectivity index is 1.61. The van der Waals surface area contributed by atoms with Crippen molar-refractivity contribution in [2.75, 3.05) is 6.54 Å². The van der Waals surface area contributed by atoms with Gasteiger partial charge in [-0.3, -0.25) is 0 Å². The summed E-state index contributed by atoms with van der Waals surface area (Å²) in [7, 11) is 0. The van der Waals surface area contributed by atoms with Crippen molar-refractivity contribution in [3.63, 3.8) is 0 Å². The molecule has 0 amide bonds. The van der Waals surface area contributed by atoms with E-state index in [4.69, 9.17) is 23.2 Å². The first-order valence-electron chi connectivity index (χ1n) is 10.4. The average molecular weight is 417 g/mol. The minimum atomic E-state index is 0.599. The number of hydrogen-bond donors (Lipinski definition) is 1. The van der Waals surface area contributed by atoms with E-state index in [1.165, 1.54) is 55.0 Å². The Morgan fingerprint density at radius 2 is 1.68 bits per heavy atom. The largest absolute Gasteiger partial charge is 0.343 e. The van der Waals surface area contributed by atoms with Crippen LogP contribution in [0.15, 0.2) is 48.7 Å². The standard InChI is InChI=1S/C24H30Cl2N2/c1-2-3-4-5-6-9-14-27-16-20-18-28(24-11-8-7-10-21(20)24)17-19-12-13-22(25)23(26)15-19/h7-8,10-13,15,18,27H,2-6,9,14,16-17H2,1H3. The molecule has 0 unspecified atom stereocenters. The highest BCUT2D eigenvalue weighted by Crippen LogP contribution is 2.26.